The van der Waals surface area contributed by atoms with Crippen molar-refractivity contribution in [2.75, 3.05) is 7.11 Å². The fourth-order valence-corrected chi connectivity index (χ4v) is 1.35. The van der Waals surface area contributed by atoms with Gasteiger partial charge < -0.3 is 9.47 Å². The van der Waals surface area contributed by atoms with Crippen molar-refractivity contribution >= 4 is 0 Å². The number of hydrogen-bond acceptors (Lipinski definition) is 2. The van der Waals surface area contributed by atoms with Crippen molar-refractivity contribution in [3.8, 4) is 11.5 Å². The zero-order valence-electron chi connectivity index (χ0n) is 9.55. The summed E-state index contributed by atoms with van der Waals surface area (Å²) in [4.78, 5) is 0. The van der Waals surface area contributed by atoms with Gasteiger partial charge in [0.15, 0.2) is 0 Å². The van der Waals surface area contributed by atoms with Crippen molar-refractivity contribution in [1.29, 1.82) is 0 Å². The Balaban J connectivity index is 3.03. The van der Waals surface area contributed by atoms with Crippen LogP contribution in [0, 0.1) is 13.8 Å². The van der Waals surface area contributed by atoms with Gasteiger partial charge in [0.05, 0.1) is 13.2 Å². The molecule has 0 spiro atoms. The first-order chi connectivity index (χ1) is 6.54. The normalized spacial score (nSPS) is 10.4. The molecule has 2 heteroatoms. The second-order valence-corrected chi connectivity index (χ2v) is 3.73. The summed E-state index contributed by atoms with van der Waals surface area (Å²) in [6.07, 6.45) is 0.196. The topological polar surface area (TPSA) is 18.5 Å². The van der Waals surface area contributed by atoms with Crippen LogP contribution in [0.25, 0.3) is 0 Å². The van der Waals surface area contributed by atoms with Crippen molar-refractivity contribution in [1.82, 2.24) is 0 Å². The van der Waals surface area contributed by atoms with Gasteiger partial charge in [-0.2, -0.15) is 0 Å². The number of methoxy groups -OCH3 is 1. The van der Waals surface area contributed by atoms with E-state index < -0.39 is 0 Å². The van der Waals surface area contributed by atoms with E-state index in [1.807, 2.05) is 32.9 Å². The Morgan fingerprint density at radius 3 is 2.29 bits per heavy atom. The average Bonchev–Trinajstić information content (AvgIpc) is 2.10. The highest BCUT2D eigenvalue weighted by atomic mass is 16.5. The van der Waals surface area contributed by atoms with Gasteiger partial charge in [-0.05, 0) is 44.9 Å². The van der Waals surface area contributed by atoms with E-state index in [0.717, 1.165) is 11.5 Å². The molecule has 0 saturated carbocycles. The molecule has 0 unspecified atom stereocenters. The standard InChI is InChI=1S/C12H18O2/c1-8(2)14-11-6-9(3)10(4)12(7-11)13-5/h6-8H,1-5H3. The molecule has 0 bridgehead atoms. The SMILES string of the molecule is COc1cc(OC(C)C)cc(C)c1C. The van der Waals surface area contributed by atoms with Crippen LogP contribution in [-0.4, -0.2) is 13.2 Å². The predicted octanol–water partition coefficient (Wildman–Crippen LogP) is 3.10. The van der Waals surface area contributed by atoms with Crippen molar-refractivity contribution in [2.45, 2.75) is 33.8 Å². The largest absolute Gasteiger partial charge is 0.496 e. The summed E-state index contributed by atoms with van der Waals surface area (Å²) in [6, 6.07) is 3.97. The maximum atomic E-state index is 5.61. The molecule has 0 amide bonds. The van der Waals surface area contributed by atoms with Crippen molar-refractivity contribution < 1.29 is 9.47 Å². The van der Waals surface area contributed by atoms with Crippen LogP contribution in [0.1, 0.15) is 25.0 Å². The van der Waals surface area contributed by atoms with Crippen LogP contribution in [0.15, 0.2) is 12.1 Å². The Bertz CT molecular complexity index is 316. The number of aryl methyl sites for hydroxylation is 1. The van der Waals surface area contributed by atoms with E-state index >= 15 is 0 Å². The highest BCUT2D eigenvalue weighted by Gasteiger charge is 2.06. The van der Waals surface area contributed by atoms with Gasteiger partial charge in [-0.25, -0.2) is 0 Å². The highest BCUT2D eigenvalue weighted by Crippen LogP contribution is 2.27. The van der Waals surface area contributed by atoms with E-state index in [-0.39, 0.29) is 6.10 Å². The minimum absolute atomic E-state index is 0.196. The first-order valence-corrected chi connectivity index (χ1v) is 4.86. The molecule has 0 saturated heterocycles. The third-order valence-electron chi connectivity index (χ3n) is 2.18. The monoisotopic (exact) mass is 194 g/mol. The van der Waals surface area contributed by atoms with Gasteiger partial charge in [-0.15, -0.1) is 0 Å². The summed E-state index contributed by atoms with van der Waals surface area (Å²) in [5.41, 5.74) is 2.36. The molecular formula is C12H18O2. The fraction of sp³-hybridized carbons (Fsp3) is 0.500. The lowest BCUT2D eigenvalue weighted by Gasteiger charge is -2.14. The number of ether oxygens (including phenoxy) is 2. The van der Waals surface area contributed by atoms with Crippen molar-refractivity contribution in [2.24, 2.45) is 0 Å². The molecule has 0 fully saturated rings. The van der Waals surface area contributed by atoms with Crippen LogP contribution in [0.5, 0.6) is 11.5 Å². The summed E-state index contributed by atoms with van der Waals surface area (Å²) in [6.45, 7) is 8.14. The molecule has 1 aromatic rings. The first-order valence-electron chi connectivity index (χ1n) is 4.86. The van der Waals surface area contributed by atoms with Crippen LogP contribution in [0.4, 0.5) is 0 Å². The molecule has 0 aliphatic heterocycles. The smallest absolute Gasteiger partial charge is 0.125 e. The van der Waals surface area contributed by atoms with E-state index in [1.165, 1.54) is 11.1 Å². The summed E-state index contributed by atoms with van der Waals surface area (Å²) in [5, 5.41) is 0. The predicted molar refractivity (Wildman–Crippen MR) is 58.2 cm³/mol. The number of rotatable bonds is 3. The molecule has 1 rings (SSSR count). The Morgan fingerprint density at radius 2 is 1.79 bits per heavy atom. The van der Waals surface area contributed by atoms with Crippen LogP contribution in [-0.2, 0) is 0 Å². The van der Waals surface area contributed by atoms with Gasteiger partial charge in [-0.3, -0.25) is 0 Å². The lowest BCUT2D eigenvalue weighted by Crippen LogP contribution is -2.06. The van der Waals surface area contributed by atoms with E-state index in [4.69, 9.17) is 9.47 Å². The second-order valence-electron chi connectivity index (χ2n) is 3.73. The van der Waals surface area contributed by atoms with Crippen molar-refractivity contribution in [3.05, 3.63) is 23.3 Å². The zero-order valence-corrected chi connectivity index (χ0v) is 9.55. The lowest BCUT2D eigenvalue weighted by atomic mass is 10.1. The molecular weight excluding hydrogens is 176 g/mol. The molecule has 78 valence electrons. The maximum Gasteiger partial charge on any atom is 0.125 e. The van der Waals surface area contributed by atoms with Crippen LogP contribution in [0.3, 0.4) is 0 Å². The molecule has 2 nitrogen and oxygen atoms in total. The van der Waals surface area contributed by atoms with Gasteiger partial charge in [0.2, 0.25) is 0 Å². The van der Waals surface area contributed by atoms with Gasteiger partial charge in [0, 0.05) is 6.07 Å². The van der Waals surface area contributed by atoms with Gasteiger partial charge in [0.25, 0.3) is 0 Å². The highest BCUT2D eigenvalue weighted by molar-refractivity contribution is 5.45. The zero-order chi connectivity index (χ0) is 10.7. The second kappa shape index (κ2) is 4.36. The summed E-state index contributed by atoms with van der Waals surface area (Å²) in [5.74, 6) is 1.76. The minimum Gasteiger partial charge on any atom is -0.496 e. The van der Waals surface area contributed by atoms with Gasteiger partial charge >= 0.3 is 0 Å². The molecule has 0 heterocycles. The third kappa shape index (κ3) is 2.41. The van der Waals surface area contributed by atoms with E-state index in [1.54, 1.807) is 7.11 Å². The molecule has 0 aliphatic rings. The summed E-state index contributed by atoms with van der Waals surface area (Å²) < 4.78 is 10.9. The van der Waals surface area contributed by atoms with Crippen LogP contribution < -0.4 is 9.47 Å². The maximum absolute atomic E-state index is 5.61. The van der Waals surface area contributed by atoms with Crippen LogP contribution in [0.2, 0.25) is 0 Å². The van der Waals surface area contributed by atoms with E-state index in [0.29, 0.717) is 0 Å². The Kier molecular flexibility index (Phi) is 3.39. The molecule has 14 heavy (non-hydrogen) atoms. The van der Waals surface area contributed by atoms with E-state index in [9.17, 15) is 0 Å². The van der Waals surface area contributed by atoms with Gasteiger partial charge in [-0.1, -0.05) is 0 Å². The summed E-state index contributed by atoms with van der Waals surface area (Å²) in [7, 11) is 1.68. The van der Waals surface area contributed by atoms with Crippen molar-refractivity contribution in [3.63, 3.8) is 0 Å². The minimum atomic E-state index is 0.196. The van der Waals surface area contributed by atoms with E-state index in [2.05, 4.69) is 6.92 Å². The third-order valence-corrected chi connectivity index (χ3v) is 2.18. The number of benzene rings is 1. The Hall–Kier alpha value is -1.18. The molecule has 0 radical (unpaired) electrons. The Labute approximate surface area is 85.8 Å². The molecule has 0 aliphatic carbocycles. The molecule has 0 aromatic heterocycles. The average molecular weight is 194 g/mol. The lowest BCUT2D eigenvalue weighted by molar-refractivity contribution is 0.241. The summed E-state index contributed by atoms with van der Waals surface area (Å²) >= 11 is 0. The fourth-order valence-electron chi connectivity index (χ4n) is 1.35. The molecule has 1 aromatic carbocycles. The number of hydrogen-bond donors (Lipinski definition) is 0. The molecule has 0 atom stereocenters. The quantitative estimate of drug-likeness (QED) is 0.736. The Morgan fingerprint density at radius 1 is 1.14 bits per heavy atom. The first kappa shape index (κ1) is 10.9. The molecule has 0 N–H and O–H groups in total. The van der Waals surface area contributed by atoms with Gasteiger partial charge in [0.1, 0.15) is 11.5 Å². The van der Waals surface area contributed by atoms with Crippen LogP contribution >= 0.6 is 0 Å².